The third-order valence-electron chi connectivity index (χ3n) is 5.12. The molecule has 1 N–H and O–H groups in total. The number of halogens is 1. The number of hydrogen-bond acceptors (Lipinski definition) is 6. The van der Waals surface area contributed by atoms with E-state index in [4.69, 9.17) is 25.8 Å². The Kier molecular flexibility index (Phi) is 3.34. The Labute approximate surface area is 148 Å². The maximum atomic E-state index is 11.9. The number of hydrogen-bond donors (Lipinski definition) is 1. The van der Waals surface area contributed by atoms with E-state index in [0.717, 1.165) is 30.8 Å². The van der Waals surface area contributed by atoms with Gasteiger partial charge in [0, 0.05) is 30.7 Å². The van der Waals surface area contributed by atoms with Crippen LogP contribution < -0.4 is 15.2 Å². The molecule has 1 spiro atoms. The summed E-state index contributed by atoms with van der Waals surface area (Å²) in [5.41, 5.74) is 0.485. The molecule has 3 aliphatic heterocycles. The molecule has 3 aliphatic rings. The number of fused-ring (bicyclic) bond motifs is 2. The van der Waals surface area contributed by atoms with E-state index in [2.05, 4.69) is 15.1 Å². The fourth-order valence-electron chi connectivity index (χ4n) is 3.81. The van der Waals surface area contributed by atoms with Crippen molar-refractivity contribution in [3.8, 4) is 11.5 Å². The highest BCUT2D eigenvalue weighted by atomic mass is 35.5. The number of H-pyrrole nitrogens is 1. The van der Waals surface area contributed by atoms with Gasteiger partial charge in [-0.1, -0.05) is 11.6 Å². The second kappa shape index (κ2) is 5.48. The van der Waals surface area contributed by atoms with Crippen LogP contribution in [0.25, 0.3) is 0 Å². The van der Waals surface area contributed by atoms with Gasteiger partial charge in [-0.15, -0.1) is 0 Å². The van der Waals surface area contributed by atoms with Gasteiger partial charge in [0.25, 0.3) is 0 Å². The average Bonchev–Trinajstić information content (AvgIpc) is 3.29. The first-order chi connectivity index (χ1) is 12.1. The first kappa shape index (κ1) is 15.2. The van der Waals surface area contributed by atoms with Crippen molar-refractivity contribution < 1.29 is 14.2 Å². The minimum Gasteiger partial charge on any atom is -0.454 e. The van der Waals surface area contributed by atoms with Crippen molar-refractivity contribution in [3.05, 3.63) is 39.0 Å². The Balaban J connectivity index is 1.34. The van der Waals surface area contributed by atoms with Crippen molar-refractivity contribution in [1.82, 2.24) is 19.7 Å². The van der Waals surface area contributed by atoms with Gasteiger partial charge in [-0.05, 0) is 18.1 Å². The van der Waals surface area contributed by atoms with Gasteiger partial charge in [0.2, 0.25) is 6.79 Å². The number of nitrogens with one attached hydrogen (secondary N) is 1. The largest absolute Gasteiger partial charge is 0.454 e. The first-order valence-corrected chi connectivity index (χ1v) is 8.58. The molecule has 5 rings (SSSR count). The molecule has 0 saturated carbocycles. The molecular formula is C16H17ClN4O4. The van der Waals surface area contributed by atoms with Gasteiger partial charge < -0.3 is 14.2 Å². The summed E-state index contributed by atoms with van der Waals surface area (Å²) in [6.07, 6.45) is 0.867. The molecule has 0 amide bonds. The van der Waals surface area contributed by atoms with Gasteiger partial charge in [0.05, 0.1) is 6.54 Å². The lowest BCUT2D eigenvalue weighted by Crippen LogP contribution is -2.46. The molecule has 1 aromatic carbocycles. The van der Waals surface area contributed by atoms with Crippen molar-refractivity contribution in [3.63, 3.8) is 0 Å². The molecule has 1 saturated heterocycles. The van der Waals surface area contributed by atoms with E-state index in [1.807, 2.05) is 6.07 Å². The summed E-state index contributed by atoms with van der Waals surface area (Å²) < 4.78 is 18.5. The summed E-state index contributed by atoms with van der Waals surface area (Å²) in [6.45, 7) is 3.45. The van der Waals surface area contributed by atoms with E-state index in [-0.39, 0.29) is 18.1 Å². The van der Waals surface area contributed by atoms with Gasteiger partial charge in [-0.3, -0.25) is 9.47 Å². The van der Waals surface area contributed by atoms with E-state index < -0.39 is 0 Å². The number of benzene rings is 1. The summed E-state index contributed by atoms with van der Waals surface area (Å²) in [6, 6.07) is 3.75. The van der Waals surface area contributed by atoms with E-state index in [0.29, 0.717) is 36.3 Å². The zero-order valence-corrected chi connectivity index (χ0v) is 14.2. The molecule has 1 unspecified atom stereocenters. The van der Waals surface area contributed by atoms with Crippen molar-refractivity contribution in [1.29, 1.82) is 0 Å². The highest BCUT2D eigenvalue weighted by Crippen LogP contribution is 2.38. The summed E-state index contributed by atoms with van der Waals surface area (Å²) >= 11 is 6.39. The number of rotatable bonds is 2. The first-order valence-electron chi connectivity index (χ1n) is 8.20. The Morgan fingerprint density at radius 3 is 3.00 bits per heavy atom. The molecule has 1 fully saturated rings. The molecule has 132 valence electrons. The zero-order chi connectivity index (χ0) is 17.0. The highest BCUT2D eigenvalue weighted by Gasteiger charge is 2.43. The topological polar surface area (TPSA) is 81.6 Å². The molecular weight excluding hydrogens is 348 g/mol. The predicted octanol–water partition coefficient (Wildman–Crippen LogP) is 1.13. The monoisotopic (exact) mass is 364 g/mol. The fourth-order valence-corrected chi connectivity index (χ4v) is 4.02. The van der Waals surface area contributed by atoms with E-state index >= 15 is 0 Å². The van der Waals surface area contributed by atoms with Crippen LogP contribution in [0.3, 0.4) is 0 Å². The van der Waals surface area contributed by atoms with Crippen LogP contribution in [0.5, 0.6) is 11.5 Å². The van der Waals surface area contributed by atoms with Crippen LogP contribution in [-0.4, -0.2) is 45.1 Å². The fraction of sp³-hybridized carbons (Fsp3) is 0.500. The minimum atomic E-state index is -0.344. The Morgan fingerprint density at radius 2 is 2.12 bits per heavy atom. The molecule has 8 nitrogen and oxygen atoms in total. The second-order valence-electron chi connectivity index (χ2n) is 6.76. The van der Waals surface area contributed by atoms with E-state index in [1.165, 1.54) is 0 Å². The Bertz CT molecular complexity index is 895. The summed E-state index contributed by atoms with van der Waals surface area (Å²) in [4.78, 5) is 14.2. The van der Waals surface area contributed by atoms with Crippen LogP contribution in [0, 0.1) is 0 Å². The third kappa shape index (κ3) is 2.52. The van der Waals surface area contributed by atoms with Crippen molar-refractivity contribution >= 4 is 11.6 Å². The quantitative estimate of drug-likeness (QED) is 0.860. The van der Waals surface area contributed by atoms with Crippen LogP contribution in [-0.2, 0) is 24.4 Å². The van der Waals surface area contributed by atoms with E-state index in [9.17, 15) is 4.79 Å². The van der Waals surface area contributed by atoms with Crippen LogP contribution in [0.2, 0.25) is 5.02 Å². The van der Waals surface area contributed by atoms with Gasteiger partial charge in [0.1, 0.15) is 12.2 Å². The number of ether oxygens (including phenoxy) is 3. The number of likely N-dealkylation sites (tertiary alicyclic amines) is 1. The van der Waals surface area contributed by atoms with Gasteiger partial charge in [-0.25, -0.2) is 9.89 Å². The summed E-state index contributed by atoms with van der Waals surface area (Å²) in [7, 11) is 0. The van der Waals surface area contributed by atoms with Gasteiger partial charge in [-0.2, -0.15) is 5.10 Å². The van der Waals surface area contributed by atoms with Gasteiger partial charge >= 0.3 is 5.69 Å². The molecule has 9 heteroatoms. The van der Waals surface area contributed by atoms with Crippen LogP contribution in [0.1, 0.15) is 17.8 Å². The molecule has 0 radical (unpaired) electrons. The lowest BCUT2D eigenvalue weighted by molar-refractivity contribution is -0.0832. The number of nitrogens with zero attached hydrogens (tertiary/aromatic N) is 3. The predicted molar refractivity (Wildman–Crippen MR) is 87.8 cm³/mol. The molecule has 25 heavy (non-hydrogen) atoms. The standard InChI is InChI=1S/C16H17ClN4O4/c17-11-4-13-12(23-9-24-13)3-10(11)5-20-2-1-16(7-20)8-21-14(6-25-16)18-19-15(21)22/h3-4H,1-2,5-9H2,(H,19,22). The van der Waals surface area contributed by atoms with Crippen molar-refractivity contribution in [2.45, 2.75) is 31.7 Å². The lowest BCUT2D eigenvalue weighted by Gasteiger charge is -2.33. The zero-order valence-electron chi connectivity index (χ0n) is 13.5. The van der Waals surface area contributed by atoms with E-state index in [1.54, 1.807) is 10.6 Å². The van der Waals surface area contributed by atoms with Crippen LogP contribution >= 0.6 is 11.6 Å². The highest BCUT2D eigenvalue weighted by molar-refractivity contribution is 6.31. The minimum absolute atomic E-state index is 0.171. The summed E-state index contributed by atoms with van der Waals surface area (Å²) in [5.74, 6) is 2.08. The van der Waals surface area contributed by atoms with Crippen LogP contribution in [0.15, 0.2) is 16.9 Å². The second-order valence-corrected chi connectivity index (χ2v) is 7.17. The molecule has 0 bridgehead atoms. The SMILES string of the molecule is O=c1[nH]nc2n1CC1(CCN(Cc3cc4c(cc3Cl)OCO4)C1)OC2. The number of aromatic nitrogens is 3. The normalized spacial score (nSPS) is 24.8. The number of aromatic amines is 1. The van der Waals surface area contributed by atoms with Gasteiger partial charge in [0.15, 0.2) is 17.3 Å². The smallest absolute Gasteiger partial charge is 0.343 e. The third-order valence-corrected chi connectivity index (χ3v) is 5.47. The average molecular weight is 365 g/mol. The molecule has 0 aliphatic carbocycles. The lowest BCUT2D eigenvalue weighted by atomic mass is 10.0. The Morgan fingerprint density at radius 1 is 1.28 bits per heavy atom. The van der Waals surface area contributed by atoms with Crippen molar-refractivity contribution in [2.75, 3.05) is 19.9 Å². The maximum absolute atomic E-state index is 11.9. The molecule has 4 heterocycles. The molecule has 1 aromatic heterocycles. The van der Waals surface area contributed by atoms with Crippen molar-refractivity contribution in [2.24, 2.45) is 0 Å². The summed E-state index contributed by atoms with van der Waals surface area (Å²) in [5, 5.41) is 7.14. The maximum Gasteiger partial charge on any atom is 0.343 e. The van der Waals surface area contributed by atoms with Crippen LogP contribution in [0.4, 0.5) is 0 Å². The molecule has 2 aromatic rings. The Hall–Kier alpha value is -2.03. The molecule has 1 atom stereocenters.